The molecule has 6 nitrogen and oxygen atoms in total. The summed E-state index contributed by atoms with van der Waals surface area (Å²) in [5, 5.41) is 18.9. The zero-order valence-electron chi connectivity index (χ0n) is 16.2. The lowest BCUT2D eigenvalue weighted by molar-refractivity contribution is -0.114. The minimum atomic E-state index is -0.142. The van der Waals surface area contributed by atoms with E-state index in [0.717, 1.165) is 38.0 Å². The molecule has 0 aromatic heterocycles. The summed E-state index contributed by atoms with van der Waals surface area (Å²) < 4.78 is 0. The van der Waals surface area contributed by atoms with Crippen molar-refractivity contribution in [2.45, 2.75) is 45.4 Å². The lowest BCUT2D eigenvalue weighted by atomic mass is 9.72. The monoisotopic (exact) mass is 488 g/mol. The quantitative estimate of drug-likeness (QED) is 0.257. The number of carbonyl (C=O) groups excluding carboxylic acids is 1. The topological polar surface area (TPSA) is 85.8 Å². The Kier molecular flexibility index (Phi) is 11.3. The maximum Gasteiger partial charge on any atom is 0.246 e. The molecule has 0 atom stereocenters. The summed E-state index contributed by atoms with van der Waals surface area (Å²) in [5.74, 6) is 0.509. The van der Waals surface area contributed by atoms with E-state index in [2.05, 4.69) is 20.9 Å². The fourth-order valence-corrected chi connectivity index (χ4v) is 3.54. The minimum Gasteiger partial charge on any atom is -0.396 e. The number of aliphatic hydroxyl groups is 1. The van der Waals surface area contributed by atoms with Gasteiger partial charge in [0, 0.05) is 25.4 Å². The molecule has 0 saturated heterocycles. The summed E-state index contributed by atoms with van der Waals surface area (Å²) in [6.07, 6.45) is 6.79. The van der Waals surface area contributed by atoms with Gasteiger partial charge in [-0.15, -0.1) is 24.0 Å². The van der Waals surface area contributed by atoms with Crippen LogP contribution in [-0.2, 0) is 4.79 Å². The summed E-state index contributed by atoms with van der Waals surface area (Å²) in [4.78, 5) is 16.5. The molecule has 1 aliphatic rings. The SMILES string of the molecule is CCNC(=NCC(=O)Nc1ccccc1)NCC1(CCO)CCCCC1.I. The normalized spacial score (nSPS) is 16.1. The van der Waals surface area contributed by atoms with Gasteiger partial charge in [0.2, 0.25) is 5.91 Å². The predicted octanol–water partition coefficient (Wildman–Crippen LogP) is 3.13. The van der Waals surface area contributed by atoms with Crippen LogP contribution in [0.25, 0.3) is 0 Å². The molecule has 0 bridgehead atoms. The number of hydrogen-bond donors (Lipinski definition) is 4. The van der Waals surface area contributed by atoms with E-state index in [1.807, 2.05) is 37.3 Å². The molecule has 27 heavy (non-hydrogen) atoms. The lowest BCUT2D eigenvalue weighted by Gasteiger charge is -2.37. The van der Waals surface area contributed by atoms with Gasteiger partial charge in [-0.1, -0.05) is 37.5 Å². The second-order valence-electron chi connectivity index (χ2n) is 7.00. The van der Waals surface area contributed by atoms with Gasteiger partial charge in [-0.3, -0.25) is 4.79 Å². The number of aliphatic hydroxyl groups excluding tert-OH is 1. The highest BCUT2D eigenvalue weighted by atomic mass is 127. The number of amides is 1. The Morgan fingerprint density at radius 1 is 1.15 bits per heavy atom. The van der Waals surface area contributed by atoms with Crippen molar-refractivity contribution in [1.82, 2.24) is 10.6 Å². The first-order chi connectivity index (χ1) is 12.7. The molecule has 0 unspecified atom stereocenters. The Hall–Kier alpha value is -1.35. The van der Waals surface area contributed by atoms with Crippen LogP contribution in [-0.4, -0.2) is 43.2 Å². The van der Waals surface area contributed by atoms with Crippen LogP contribution in [0.2, 0.25) is 0 Å². The Bertz CT molecular complexity index is 569. The van der Waals surface area contributed by atoms with Crippen LogP contribution in [0.5, 0.6) is 0 Å². The molecule has 2 rings (SSSR count). The van der Waals surface area contributed by atoms with Gasteiger partial charge in [-0.25, -0.2) is 4.99 Å². The summed E-state index contributed by atoms with van der Waals surface area (Å²) in [6.45, 7) is 3.80. The Morgan fingerprint density at radius 2 is 1.85 bits per heavy atom. The maximum absolute atomic E-state index is 12.1. The van der Waals surface area contributed by atoms with Crippen molar-refractivity contribution in [3.63, 3.8) is 0 Å². The molecule has 1 fully saturated rings. The van der Waals surface area contributed by atoms with E-state index < -0.39 is 0 Å². The zero-order chi connectivity index (χ0) is 18.7. The molecule has 0 heterocycles. The van der Waals surface area contributed by atoms with Crippen LogP contribution in [0.4, 0.5) is 5.69 Å². The Labute approximate surface area is 179 Å². The van der Waals surface area contributed by atoms with Gasteiger partial charge >= 0.3 is 0 Å². The van der Waals surface area contributed by atoms with Crippen LogP contribution < -0.4 is 16.0 Å². The van der Waals surface area contributed by atoms with E-state index >= 15 is 0 Å². The average molecular weight is 488 g/mol. The fourth-order valence-electron chi connectivity index (χ4n) is 3.54. The number of benzene rings is 1. The van der Waals surface area contributed by atoms with Crippen molar-refractivity contribution >= 4 is 41.5 Å². The van der Waals surface area contributed by atoms with Gasteiger partial charge in [-0.2, -0.15) is 0 Å². The number of guanidine groups is 1. The second-order valence-corrected chi connectivity index (χ2v) is 7.00. The highest BCUT2D eigenvalue weighted by molar-refractivity contribution is 14.0. The van der Waals surface area contributed by atoms with Gasteiger partial charge in [-0.05, 0) is 43.7 Å². The van der Waals surface area contributed by atoms with E-state index in [1.54, 1.807) is 0 Å². The van der Waals surface area contributed by atoms with Gasteiger partial charge in [0.05, 0.1) is 0 Å². The van der Waals surface area contributed by atoms with Crippen LogP contribution in [0, 0.1) is 5.41 Å². The third kappa shape index (κ3) is 8.47. The number of para-hydroxylation sites is 1. The smallest absolute Gasteiger partial charge is 0.246 e. The van der Waals surface area contributed by atoms with Crippen molar-refractivity contribution in [1.29, 1.82) is 0 Å². The van der Waals surface area contributed by atoms with Gasteiger partial charge < -0.3 is 21.1 Å². The van der Waals surface area contributed by atoms with E-state index in [-0.39, 0.29) is 48.5 Å². The van der Waals surface area contributed by atoms with Crippen molar-refractivity contribution in [2.75, 3.05) is 31.6 Å². The number of nitrogens with zero attached hydrogens (tertiary/aromatic N) is 1. The molecule has 1 saturated carbocycles. The van der Waals surface area contributed by atoms with Crippen molar-refractivity contribution in [3.05, 3.63) is 30.3 Å². The maximum atomic E-state index is 12.1. The van der Waals surface area contributed by atoms with Crippen molar-refractivity contribution in [3.8, 4) is 0 Å². The Morgan fingerprint density at radius 3 is 2.48 bits per heavy atom. The molecule has 0 spiro atoms. The molecular weight excluding hydrogens is 455 g/mol. The van der Waals surface area contributed by atoms with E-state index in [4.69, 9.17) is 0 Å². The number of rotatable bonds is 8. The molecular formula is C20H33IN4O2. The standard InChI is InChI=1S/C20H32N4O2.HI/c1-2-21-19(22-15-18(26)24-17-9-5-3-6-10-17)23-16-20(13-14-25)11-7-4-8-12-20;/h3,5-6,9-10,25H,2,4,7-8,11-16H2,1H3,(H,24,26)(H2,21,22,23);1H. The number of nitrogens with one attached hydrogen (secondary N) is 3. The molecule has 0 radical (unpaired) electrons. The minimum absolute atomic E-state index is 0. The average Bonchev–Trinajstić information content (AvgIpc) is 2.66. The largest absolute Gasteiger partial charge is 0.396 e. The number of halogens is 1. The Balaban J connectivity index is 0.00000364. The lowest BCUT2D eigenvalue weighted by Crippen LogP contribution is -2.45. The molecule has 0 aliphatic heterocycles. The number of aliphatic imine (C=N–C) groups is 1. The van der Waals surface area contributed by atoms with Crippen LogP contribution >= 0.6 is 24.0 Å². The summed E-state index contributed by atoms with van der Waals surface area (Å²) in [5.41, 5.74) is 0.907. The van der Waals surface area contributed by atoms with Gasteiger partial charge in [0.25, 0.3) is 0 Å². The second kappa shape index (κ2) is 12.9. The van der Waals surface area contributed by atoms with Crippen LogP contribution in [0.3, 0.4) is 0 Å². The predicted molar refractivity (Wildman–Crippen MR) is 122 cm³/mol. The first kappa shape index (κ1) is 23.7. The summed E-state index contributed by atoms with van der Waals surface area (Å²) in [6, 6.07) is 9.39. The number of hydrogen-bond acceptors (Lipinski definition) is 3. The summed E-state index contributed by atoms with van der Waals surface area (Å²) in [7, 11) is 0. The third-order valence-corrected chi connectivity index (χ3v) is 4.97. The first-order valence-corrected chi connectivity index (χ1v) is 9.65. The third-order valence-electron chi connectivity index (χ3n) is 4.97. The zero-order valence-corrected chi connectivity index (χ0v) is 18.5. The van der Waals surface area contributed by atoms with Gasteiger partial charge in [0.1, 0.15) is 6.54 Å². The molecule has 7 heteroatoms. The van der Waals surface area contributed by atoms with Crippen LogP contribution in [0.1, 0.15) is 45.4 Å². The molecule has 152 valence electrons. The number of carbonyl (C=O) groups is 1. The highest BCUT2D eigenvalue weighted by Gasteiger charge is 2.31. The van der Waals surface area contributed by atoms with Gasteiger partial charge in [0.15, 0.2) is 5.96 Å². The highest BCUT2D eigenvalue weighted by Crippen LogP contribution is 2.38. The van der Waals surface area contributed by atoms with E-state index in [9.17, 15) is 9.90 Å². The molecule has 1 aromatic carbocycles. The molecule has 1 aromatic rings. The number of anilines is 1. The first-order valence-electron chi connectivity index (χ1n) is 9.65. The van der Waals surface area contributed by atoms with Crippen LogP contribution in [0.15, 0.2) is 35.3 Å². The van der Waals surface area contributed by atoms with Crippen molar-refractivity contribution < 1.29 is 9.90 Å². The fraction of sp³-hybridized carbons (Fsp3) is 0.600. The van der Waals surface area contributed by atoms with Crippen molar-refractivity contribution in [2.24, 2.45) is 10.4 Å². The molecule has 4 N–H and O–H groups in total. The van der Waals surface area contributed by atoms with E-state index in [1.165, 1.54) is 19.3 Å². The summed E-state index contributed by atoms with van der Waals surface area (Å²) >= 11 is 0. The van der Waals surface area contributed by atoms with E-state index in [0.29, 0.717) is 5.96 Å². The molecule has 1 aliphatic carbocycles. The molecule has 1 amide bonds.